The predicted octanol–water partition coefficient (Wildman–Crippen LogP) is 1.30. The number of sulfonamides is 1. The van der Waals surface area contributed by atoms with Gasteiger partial charge in [-0.1, -0.05) is 0 Å². The molecule has 0 spiro atoms. The van der Waals surface area contributed by atoms with Gasteiger partial charge < -0.3 is 9.80 Å². The molecule has 1 aliphatic heterocycles. The summed E-state index contributed by atoms with van der Waals surface area (Å²) in [7, 11) is -3.81. The zero-order chi connectivity index (χ0) is 17.3. The second-order valence-corrected chi connectivity index (χ2v) is 7.98. The van der Waals surface area contributed by atoms with Crippen LogP contribution in [0.1, 0.15) is 11.3 Å². The Morgan fingerprint density at radius 3 is 2.46 bits per heavy atom. The van der Waals surface area contributed by atoms with E-state index >= 15 is 0 Å². The molecule has 2 aromatic rings. The average molecular weight is 363 g/mol. The van der Waals surface area contributed by atoms with Gasteiger partial charge in [0, 0.05) is 31.6 Å². The van der Waals surface area contributed by atoms with Crippen LogP contribution in [0.2, 0.25) is 0 Å². The topological polar surface area (TPSA) is 103 Å². The Bertz CT molecular complexity index is 893. The number of nitrogens with two attached hydrogens (primary N) is 1. The lowest BCUT2D eigenvalue weighted by Gasteiger charge is -2.36. The molecule has 1 saturated heterocycles. The van der Waals surface area contributed by atoms with Crippen LogP contribution in [0.15, 0.2) is 28.5 Å². The van der Waals surface area contributed by atoms with Crippen LogP contribution >= 0.6 is 11.3 Å². The molecular weight excluding hydrogens is 346 g/mol. The summed E-state index contributed by atoms with van der Waals surface area (Å²) in [6.07, 6.45) is 0. The van der Waals surface area contributed by atoms with Crippen molar-refractivity contribution in [2.75, 3.05) is 36.0 Å². The lowest BCUT2D eigenvalue weighted by Crippen LogP contribution is -2.46. The molecule has 1 fully saturated rings. The van der Waals surface area contributed by atoms with Crippen LogP contribution in [0.5, 0.6) is 0 Å². The summed E-state index contributed by atoms with van der Waals surface area (Å²) in [5, 5.41) is 17.5. The Kier molecular flexibility index (Phi) is 4.45. The summed E-state index contributed by atoms with van der Waals surface area (Å²) in [6, 6.07) is 6.50. The molecule has 0 bridgehead atoms. The predicted molar refractivity (Wildman–Crippen MR) is 93.8 cm³/mol. The van der Waals surface area contributed by atoms with E-state index in [2.05, 4.69) is 20.9 Å². The Balaban J connectivity index is 1.78. The monoisotopic (exact) mass is 363 g/mol. The fourth-order valence-electron chi connectivity index (χ4n) is 2.68. The fourth-order valence-corrected chi connectivity index (χ4v) is 4.08. The van der Waals surface area contributed by atoms with Gasteiger partial charge in [0.1, 0.15) is 6.07 Å². The van der Waals surface area contributed by atoms with Crippen molar-refractivity contribution in [3.05, 3.63) is 34.8 Å². The quantitative estimate of drug-likeness (QED) is 0.881. The van der Waals surface area contributed by atoms with Gasteiger partial charge in [0.2, 0.25) is 10.0 Å². The number of rotatable bonds is 3. The SMILES string of the molecule is Cc1csc(N2CCN(c3ccc(S(N)(=O)=O)cc3C#N)CC2)n1. The molecule has 0 aliphatic carbocycles. The molecule has 0 radical (unpaired) electrons. The zero-order valence-electron chi connectivity index (χ0n) is 13.1. The highest BCUT2D eigenvalue weighted by Gasteiger charge is 2.22. The maximum Gasteiger partial charge on any atom is 0.238 e. The second-order valence-electron chi connectivity index (χ2n) is 5.58. The van der Waals surface area contributed by atoms with Crippen LogP contribution in [0.3, 0.4) is 0 Å². The van der Waals surface area contributed by atoms with Crippen LogP contribution in [0.4, 0.5) is 10.8 Å². The molecule has 1 aromatic carbocycles. The van der Waals surface area contributed by atoms with Crippen molar-refractivity contribution >= 4 is 32.2 Å². The summed E-state index contributed by atoms with van der Waals surface area (Å²) < 4.78 is 22.9. The third-order valence-electron chi connectivity index (χ3n) is 3.91. The summed E-state index contributed by atoms with van der Waals surface area (Å²) in [4.78, 5) is 8.76. The van der Waals surface area contributed by atoms with Gasteiger partial charge in [-0.2, -0.15) is 5.26 Å². The van der Waals surface area contributed by atoms with Gasteiger partial charge >= 0.3 is 0 Å². The Labute approximate surface area is 145 Å². The van der Waals surface area contributed by atoms with Crippen molar-refractivity contribution in [3.8, 4) is 6.07 Å². The van der Waals surface area contributed by atoms with E-state index in [1.165, 1.54) is 12.1 Å². The van der Waals surface area contributed by atoms with E-state index < -0.39 is 10.0 Å². The smallest absolute Gasteiger partial charge is 0.238 e. The molecule has 24 heavy (non-hydrogen) atoms. The minimum atomic E-state index is -3.81. The van der Waals surface area contributed by atoms with E-state index in [0.29, 0.717) is 5.56 Å². The first kappa shape index (κ1) is 16.7. The van der Waals surface area contributed by atoms with Gasteiger partial charge in [-0.05, 0) is 25.1 Å². The third-order valence-corrected chi connectivity index (χ3v) is 5.85. The molecule has 1 aliphatic rings. The molecule has 0 amide bonds. The van der Waals surface area contributed by atoms with Gasteiger partial charge in [0.15, 0.2) is 5.13 Å². The number of nitrogens with zero attached hydrogens (tertiary/aromatic N) is 4. The van der Waals surface area contributed by atoms with Gasteiger partial charge in [-0.3, -0.25) is 0 Å². The molecular formula is C15H17N5O2S2. The number of anilines is 2. The number of benzene rings is 1. The zero-order valence-corrected chi connectivity index (χ0v) is 14.8. The third kappa shape index (κ3) is 3.36. The molecule has 0 atom stereocenters. The molecule has 1 aromatic heterocycles. The maximum atomic E-state index is 11.4. The van der Waals surface area contributed by atoms with Crippen LogP contribution in [-0.2, 0) is 10.0 Å². The Morgan fingerprint density at radius 1 is 1.25 bits per heavy atom. The Hall–Kier alpha value is -2.15. The summed E-state index contributed by atoms with van der Waals surface area (Å²) >= 11 is 1.63. The highest BCUT2D eigenvalue weighted by Crippen LogP contribution is 2.26. The number of primary sulfonamides is 1. The highest BCUT2D eigenvalue weighted by atomic mass is 32.2. The fraction of sp³-hybridized carbons (Fsp3) is 0.333. The lowest BCUT2D eigenvalue weighted by molar-refractivity contribution is 0.597. The van der Waals surface area contributed by atoms with E-state index in [1.807, 2.05) is 12.3 Å². The summed E-state index contributed by atoms with van der Waals surface area (Å²) in [6.45, 7) is 5.05. The minimum absolute atomic E-state index is 0.0419. The van der Waals surface area contributed by atoms with Gasteiger partial charge in [0.05, 0.1) is 21.8 Å². The molecule has 2 heterocycles. The van der Waals surface area contributed by atoms with Gasteiger partial charge in [0.25, 0.3) is 0 Å². The number of hydrogen-bond donors (Lipinski definition) is 1. The second kappa shape index (κ2) is 6.39. The number of aromatic nitrogens is 1. The molecule has 0 unspecified atom stereocenters. The largest absolute Gasteiger partial charge is 0.367 e. The van der Waals surface area contributed by atoms with Crippen molar-refractivity contribution in [2.45, 2.75) is 11.8 Å². The lowest BCUT2D eigenvalue weighted by atomic mass is 10.1. The van der Waals surface area contributed by atoms with E-state index in [0.717, 1.165) is 42.7 Å². The number of hydrogen-bond acceptors (Lipinski definition) is 7. The maximum absolute atomic E-state index is 11.4. The normalized spacial score (nSPS) is 15.4. The van der Waals surface area contributed by atoms with Crippen molar-refractivity contribution in [2.24, 2.45) is 5.14 Å². The molecule has 9 heteroatoms. The van der Waals surface area contributed by atoms with Crippen LogP contribution < -0.4 is 14.9 Å². The first-order valence-corrected chi connectivity index (χ1v) is 9.80. The van der Waals surface area contributed by atoms with E-state index in [4.69, 9.17) is 5.14 Å². The molecule has 2 N–H and O–H groups in total. The summed E-state index contributed by atoms with van der Waals surface area (Å²) in [5.74, 6) is 0. The van der Waals surface area contributed by atoms with Crippen molar-refractivity contribution < 1.29 is 8.42 Å². The van der Waals surface area contributed by atoms with Gasteiger partial charge in [-0.15, -0.1) is 11.3 Å². The van der Waals surface area contributed by atoms with Crippen molar-refractivity contribution in [1.82, 2.24) is 4.98 Å². The first-order valence-electron chi connectivity index (χ1n) is 7.37. The van der Waals surface area contributed by atoms with Crippen LogP contribution in [0.25, 0.3) is 0 Å². The van der Waals surface area contributed by atoms with Gasteiger partial charge in [-0.25, -0.2) is 18.5 Å². The number of piperazine rings is 1. The molecule has 126 valence electrons. The standard InChI is InChI=1S/C15H17N5O2S2/c1-11-10-23-15(18-11)20-6-4-19(5-7-20)14-3-2-13(24(17,21)22)8-12(14)9-16/h2-3,8,10H,4-7H2,1H3,(H2,17,21,22). The first-order chi connectivity index (χ1) is 11.4. The molecule has 7 nitrogen and oxygen atoms in total. The van der Waals surface area contributed by atoms with E-state index in [1.54, 1.807) is 17.4 Å². The van der Waals surface area contributed by atoms with Crippen molar-refractivity contribution in [1.29, 1.82) is 5.26 Å². The van der Waals surface area contributed by atoms with Crippen LogP contribution in [0, 0.1) is 18.3 Å². The number of nitriles is 1. The minimum Gasteiger partial charge on any atom is -0.367 e. The molecule has 0 saturated carbocycles. The highest BCUT2D eigenvalue weighted by molar-refractivity contribution is 7.89. The Morgan fingerprint density at radius 2 is 1.92 bits per heavy atom. The van der Waals surface area contributed by atoms with Crippen molar-refractivity contribution in [3.63, 3.8) is 0 Å². The number of thiazole rings is 1. The molecule has 3 rings (SSSR count). The summed E-state index contributed by atoms with van der Waals surface area (Å²) in [5.41, 5.74) is 2.07. The number of aryl methyl sites for hydroxylation is 1. The average Bonchev–Trinajstić information content (AvgIpc) is 3.00. The van der Waals surface area contributed by atoms with E-state index in [-0.39, 0.29) is 4.90 Å². The van der Waals surface area contributed by atoms with Crippen LogP contribution in [-0.4, -0.2) is 39.6 Å². The van der Waals surface area contributed by atoms with E-state index in [9.17, 15) is 13.7 Å².